The SMILES string of the molecule is Cc1nc(CN)sc1CCO[N+](=O)[O-]. The Balaban J connectivity index is 2.49. The number of nitrogens with two attached hydrogens (primary N) is 1. The number of hydrogen-bond donors (Lipinski definition) is 1. The Kier molecular flexibility index (Phi) is 3.78. The summed E-state index contributed by atoms with van der Waals surface area (Å²) >= 11 is 1.47. The maximum Gasteiger partial charge on any atom is 0.294 e. The summed E-state index contributed by atoms with van der Waals surface area (Å²) in [6.45, 7) is 2.33. The van der Waals surface area contributed by atoms with E-state index in [-0.39, 0.29) is 6.61 Å². The lowest BCUT2D eigenvalue weighted by molar-refractivity contribution is -0.757. The van der Waals surface area contributed by atoms with Crippen molar-refractivity contribution >= 4 is 11.3 Å². The van der Waals surface area contributed by atoms with Crippen molar-refractivity contribution in [1.29, 1.82) is 0 Å². The van der Waals surface area contributed by atoms with E-state index in [0.717, 1.165) is 15.6 Å². The molecule has 0 aliphatic rings. The van der Waals surface area contributed by atoms with Gasteiger partial charge in [0.1, 0.15) is 11.6 Å². The highest BCUT2D eigenvalue weighted by Gasteiger charge is 2.06. The molecule has 14 heavy (non-hydrogen) atoms. The van der Waals surface area contributed by atoms with Crippen molar-refractivity contribution < 1.29 is 9.92 Å². The van der Waals surface area contributed by atoms with Crippen molar-refractivity contribution in [3.05, 3.63) is 25.7 Å². The zero-order chi connectivity index (χ0) is 10.6. The van der Waals surface area contributed by atoms with Crippen LogP contribution in [0.25, 0.3) is 0 Å². The fourth-order valence-corrected chi connectivity index (χ4v) is 1.95. The van der Waals surface area contributed by atoms with Gasteiger partial charge in [-0.15, -0.1) is 21.5 Å². The smallest absolute Gasteiger partial charge is 0.294 e. The van der Waals surface area contributed by atoms with Crippen molar-refractivity contribution in [1.82, 2.24) is 4.98 Å². The van der Waals surface area contributed by atoms with E-state index in [1.54, 1.807) is 0 Å². The third kappa shape index (κ3) is 2.93. The molecule has 1 heterocycles. The lowest BCUT2D eigenvalue weighted by atomic mass is 10.3. The van der Waals surface area contributed by atoms with Gasteiger partial charge >= 0.3 is 0 Å². The van der Waals surface area contributed by atoms with Crippen molar-refractivity contribution in [3.8, 4) is 0 Å². The van der Waals surface area contributed by atoms with E-state index in [0.29, 0.717) is 13.0 Å². The van der Waals surface area contributed by atoms with Crippen molar-refractivity contribution in [2.24, 2.45) is 5.73 Å². The third-order valence-corrected chi connectivity index (χ3v) is 2.88. The molecule has 0 amide bonds. The normalized spacial score (nSPS) is 10.1. The molecular formula is C7H11N3O3S. The van der Waals surface area contributed by atoms with Crippen molar-refractivity contribution in [2.75, 3.05) is 6.61 Å². The Hall–Kier alpha value is -1.21. The summed E-state index contributed by atoms with van der Waals surface area (Å²) in [6.07, 6.45) is 0.504. The lowest BCUT2D eigenvalue weighted by Crippen LogP contribution is -2.04. The molecule has 1 aromatic rings. The minimum Gasteiger partial charge on any atom is -0.325 e. The number of nitrogens with zero attached hydrogens (tertiary/aromatic N) is 2. The Labute approximate surface area is 84.8 Å². The van der Waals surface area contributed by atoms with Crippen LogP contribution in [0.2, 0.25) is 0 Å². The molecule has 0 unspecified atom stereocenters. The second kappa shape index (κ2) is 4.87. The third-order valence-electron chi connectivity index (χ3n) is 1.64. The molecule has 7 heteroatoms. The number of aryl methyl sites for hydroxylation is 1. The van der Waals surface area contributed by atoms with E-state index in [4.69, 9.17) is 5.73 Å². The van der Waals surface area contributed by atoms with Gasteiger partial charge in [0.05, 0.1) is 5.69 Å². The van der Waals surface area contributed by atoms with Gasteiger partial charge in [0.2, 0.25) is 0 Å². The van der Waals surface area contributed by atoms with Crippen molar-refractivity contribution in [2.45, 2.75) is 19.9 Å². The number of aromatic nitrogens is 1. The van der Waals surface area contributed by atoms with E-state index < -0.39 is 5.09 Å². The molecule has 0 atom stereocenters. The van der Waals surface area contributed by atoms with Crippen LogP contribution in [0.4, 0.5) is 0 Å². The number of thiazole rings is 1. The van der Waals surface area contributed by atoms with Gasteiger partial charge in [0, 0.05) is 17.8 Å². The van der Waals surface area contributed by atoms with E-state index in [2.05, 4.69) is 9.82 Å². The van der Waals surface area contributed by atoms with Crippen molar-refractivity contribution in [3.63, 3.8) is 0 Å². The predicted molar refractivity (Wildman–Crippen MR) is 51.4 cm³/mol. The van der Waals surface area contributed by atoms with Gasteiger partial charge in [-0.2, -0.15) is 0 Å². The first-order valence-electron chi connectivity index (χ1n) is 4.06. The minimum absolute atomic E-state index is 0.0695. The standard InChI is InChI=1S/C7H11N3O3S/c1-5-6(2-3-13-10(11)12)14-7(4-8)9-5/h2-4,8H2,1H3. The summed E-state index contributed by atoms with van der Waals surface area (Å²) < 4.78 is 0. The van der Waals surface area contributed by atoms with Gasteiger partial charge in [-0.3, -0.25) is 0 Å². The summed E-state index contributed by atoms with van der Waals surface area (Å²) in [5, 5.41) is 9.94. The van der Waals surface area contributed by atoms with E-state index >= 15 is 0 Å². The maximum atomic E-state index is 9.89. The largest absolute Gasteiger partial charge is 0.325 e. The average Bonchev–Trinajstić information content (AvgIpc) is 2.47. The first-order valence-corrected chi connectivity index (χ1v) is 4.87. The molecule has 0 spiro atoms. The molecule has 0 saturated carbocycles. The summed E-state index contributed by atoms with van der Waals surface area (Å²) in [6, 6.07) is 0. The molecule has 0 aliphatic heterocycles. The molecule has 0 aromatic carbocycles. The summed E-state index contributed by atoms with van der Waals surface area (Å²) in [4.78, 5) is 19.3. The predicted octanol–water partition coefficient (Wildman–Crippen LogP) is 0.661. The highest BCUT2D eigenvalue weighted by Crippen LogP contribution is 2.17. The molecule has 1 rings (SSSR count). The number of hydrogen-bond acceptors (Lipinski definition) is 6. The Morgan fingerprint density at radius 1 is 1.71 bits per heavy atom. The van der Waals surface area contributed by atoms with Gasteiger partial charge < -0.3 is 10.6 Å². The van der Waals surface area contributed by atoms with Gasteiger partial charge in [0.25, 0.3) is 5.09 Å². The van der Waals surface area contributed by atoms with Gasteiger partial charge in [-0.05, 0) is 6.92 Å². The Morgan fingerprint density at radius 2 is 2.43 bits per heavy atom. The van der Waals surface area contributed by atoms with Crippen LogP contribution in [0.15, 0.2) is 0 Å². The maximum absolute atomic E-state index is 9.89. The first-order chi connectivity index (χ1) is 6.63. The zero-order valence-corrected chi connectivity index (χ0v) is 8.54. The Morgan fingerprint density at radius 3 is 2.93 bits per heavy atom. The van der Waals surface area contributed by atoms with Crippen LogP contribution in [0.3, 0.4) is 0 Å². The number of rotatable bonds is 5. The summed E-state index contributed by atoms with van der Waals surface area (Å²) in [5.74, 6) is 0. The second-order valence-corrected chi connectivity index (χ2v) is 3.80. The molecule has 1 aromatic heterocycles. The van der Waals surface area contributed by atoms with E-state index in [1.807, 2.05) is 6.92 Å². The molecule has 0 saturated heterocycles. The molecule has 0 aliphatic carbocycles. The van der Waals surface area contributed by atoms with Crippen LogP contribution in [0.5, 0.6) is 0 Å². The summed E-state index contributed by atoms with van der Waals surface area (Å²) in [5.41, 5.74) is 6.29. The van der Waals surface area contributed by atoms with Crippen LogP contribution >= 0.6 is 11.3 Å². The average molecular weight is 217 g/mol. The molecular weight excluding hydrogens is 206 g/mol. The minimum atomic E-state index is -0.791. The van der Waals surface area contributed by atoms with Gasteiger partial charge in [-0.25, -0.2) is 4.98 Å². The molecule has 0 bridgehead atoms. The quantitative estimate of drug-likeness (QED) is 0.578. The van der Waals surface area contributed by atoms with E-state index in [9.17, 15) is 10.1 Å². The van der Waals surface area contributed by atoms with Gasteiger partial charge in [0.15, 0.2) is 0 Å². The molecule has 0 fully saturated rings. The second-order valence-electron chi connectivity index (χ2n) is 2.63. The van der Waals surface area contributed by atoms with Crippen LogP contribution in [0, 0.1) is 17.0 Å². The van der Waals surface area contributed by atoms with E-state index in [1.165, 1.54) is 11.3 Å². The van der Waals surface area contributed by atoms with Crippen LogP contribution < -0.4 is 5.73 Å². The molecule has 6 nitrogen and oxygen atoms in total. The van der Waals surface area contributed by atoms with Gasteiger partial charge in [-0.1, -0.05) is 0 Å². The zero-order valence-electron chi connectivity index (χ0n) is 7.73. The topological polar surface area (TPSA) is 91.3 Å². The highest BCUT2D eigenvalue weighted by molar-refractivity contribution is 7.11. The fraction of sp³-hybridized carbons (Fsp3) is 0.571. The fourth-order valence-electron chi connectivity index (χ4n) is 1.02. The molecule has 0 radical (unpaired) electrons. The Bertz CT molecular complexity index is 326. The highest BCUT2D eigenvalue weighted by atomic mass is 32.1. The van der Waals surface area contributed by atoms with Crippen LogP contribution in [-0.4, -0.2) is 16.7 Å². The van der Waals surface area contributed by atoms with Crippen LogP contribution in [0.1, 0.15) is 15.6 Å². The lowest BCUT2D eigenvalue weighted by Gasteiger charge is -1.96. The molecule has 2 N–H and O–H groups in total. The van der Waals surface area contributed by atoms with Crippen LogP contribution in [-0.2, 0) is 17.8 Å². The summed E-state index contributed by atoms with van der Waals surface area (Å²) in [7, 11) is 0. The monoisotopic (exact) mass is 217 g/mol. The molecule has 78 valence electrons. The first kappa shape index (κ1) is 10.9.